The maximum absolute atomic E-state index is 5.79. The van der Waals surface area contributed by atoms with Gasteiger partial charge in [-0.05, 0) is 24.5 Å². The van der Waals surface area contributed by atoms with Crippen molar-refractivity contribution < 1.29 is 0 Å². The summed E-state index contributed by atoms with van der Waals surface area (Å²) in [5.41, 5.74) is 0. The summed E-state index contributed by atoms with van der Waals surface area (Å²) >= 11 is 10.8. The number of hydrogen-bond donors (Lipinski definition) is 0. The Morgan fingerprint density at radius 2 is 2.10 bits per heavy atom. The highest BCUT2D eigenvalue weighted by atomic mass is 79.9. The summed E-state index contributed by atoms with van der Waals surface area (Å²) in [4.78, 5) is 1.18. The van der Waals surface area contributed by atoms with Gasteiger partial charge >= 0.3 is 0 Å². The molecule has 0 nitrogen and oxygen atoms in total. The molecule has 0 aliphatic rings. The fourth-order valence-corrected chi connectivity index (χ4v) is 2.21. The Hall–Kier alpha value is 0.340. The topological polar surface area (TPSA) is 0 Å². The van der Waals surface area contributed by atoms with Gasteiger partial charge in [-0.25, -0.2) is 0 Å². The molecule has 0 atom stereocenters. The van der Waals surface area contributed by atoms with E-state index in [0.717, 1.165) is 9.50 Å². The summed E-state index contributed by atoms with van der Waals surface area (Å²) < 4.78 is 1.03. The zero-order chi connectivity index (χ0) is 7.56. The van der Waals surface area contributed by atoms with E-state index < -0.39 is 0 Å². The van der Waals surface area contributed by atoms with Gasteiger partial charge in [0.05, 0.1) is 0 Å². The lowest BCUT2D eigenvalue weighted by molar-refractivity contribution is 1.44. The lowest BCUT2D eigenvalue weighted by atomic mass is 10.4. The van der Waals surface area contributed by atoms with Crippen LogP contribution in [-0.4, -0.2) is 6.26 Å². The van der Waals surface area contributed by atoms with Crippen LogP contribution in [0, 0.1) is 0 Å². The van der Waals surface area contributed by atoms with Crippen molar-refractivity contribution in [1.29, 1.82) is 0 Å². The molecule has 54 valence electrons. The van der Waals surface area contributed by atoms with Crippen LogP contribution in [0.4, 0.5) is 0 Å². The van der Waals surface area contributed by atoms with Crippen LogP contribution in [0.2, 0.25) is 5.02 Å². The van der Waals surface area contributed by atoms with Crippen LogP contribution in [0.25, 0.3) is 0 Å². The molecule has 0 aliphatic carbocycles. The first-order chi connectivity index (χ1) is 4.72. The minimum Gasteiger partial charge on any atom is -0.130 e. The number of hydrogen-bond acceptors (Lipinski definition) is 1. The highest BCUT2D eigenvalue weighted by Crippen LogP contribution is 2.24. The first kappa shape index (κ1) is 8.44. The lowest BCUT2D eigenvalue weighted by Crippen LogP contribution is -1.70. The molecule has 0 amide bonds. The molecule has 1 aromatic carbocycles. The SMILES string of the molecule is CSc1cc(Cl)cc(Br)c1. The van der Waals surface area contributed by atoms with Gasteiger partial charge < -0.3 is 0 Å². The van der Waals surface area contributed by atoms with Crippen LogP contribution < -0.4 is 0 Å². The van der Waals surface area contributed by atoms with E-state index in [0.29, 0.717) is 0 Å². The molecule has 0 saturated heterocycles. The van der Waals surface area contributed by atoms with Gasteiger partial charge in [-0.3, -0.25) is 0 Å². The number of benzene rings is 1. The summed E-state index contributed by atoms with van der Waals surface area (Å²) in [6.07, 6.45) is 2.03. The van der Waals surface area contributed by atoms with E-state index in [1.165, 1.54) is 4.90 Å². The number of rotatable bonds is 1. The zero-order valence-corrected chi connectivity index (χ0v) is 8.55. The maximum Gasteiger partial charge on any atom is 0.0428 e. The van der Waals surface area contributed by atoms with Crippen molar-refractivity contribution in [1.82, 2.24) is 0 Å². The van der Waals surface area contributed by atoms with Crippen molar-refractivity contribution >= 4 is 39.3 Å². The Labute approximate surface area is 78.1 Å². The van der Waals surface area contributed by atoms with E-state index in [2.05, 4.69) is 15.9 Å². The zero-order valence-electron chi connectivity index (χ0n) is 5.40. The van der Waals surface area contributed by atoms with Crippen molar-refractivity contribution in [3.63, 3.8) is 0 Å². The maximum atomic E-state index is 5.79. The van der Waals surface area contributed by atoms with Crippen LogP contribution in [0.5, 0.6) is 0 Å². The normalized spacial score (nSPS) is 9.90. The first-order valence-corrected chi connectivity index (χ1v) is 5.12. The molecule has 1 rings (SSSR count). The average molecular weight is 238 g/mol. The molecule has 0 spiro atoms. The Morgan fingerprint density at radius 3 is 2.60 bits per heavy atom. The molecule has 0 saturated carbocycles. The van der Waals surface area contributed by atoms with Gasteiger partial charge in [-0.15, -0.1) is 11.8 Å². The van der Waals surface area contributed by atoms with Gasteiger partial charge in [0.1, 0.15) is 0 Å². The molecule has 0 aliphatic heterocycles. The largest absolute Gasteiger partial charge is 0.130 e. The Bertz CT molecular complexity index is 217. The molecule has 0 unspecified atom stereocenters. The minimum atomic E-state index is 0.777. The monoisotopic (exact) mass is 236 g/mol. The second-order valence-electron chi connectivity index (χ2n) is 1.81. The molecule has 0 heterocycles. The Kier molecular flexibility index (Phi) is 3.08. The van der Waals surface area contributed by atoms with Crippen molar-refractivity contribution in [2.24, 2.45) is 0 Å². The molecule has 1 aromatic rings. The van der Waals surface area contributed by atoms with Gasteiger partial charge in [-0.1, -0.05) is 27.5 Å². The second kappa shape index (κ2) is 3.65. The predicted octanol–water partition coefficient (Wildman–Crippen LogP) is 3.82. The fraction of sp³-hybridized carbons (Fsp3) is 0.143. The average Bonchev–Trinajstić information content (AvgIpc) is 1.85. The molecule has 10 heavy (non-hydrogen) atoms. The van der Waals surface area contributed by atoms with E-state index in [4.69, 9.17) is 11.6 Å². The van der Waals surface area contributed by atoms with Gasteiger partial charge in [0.2, 0.25) is 0 Å². The first-order valence-electron chi connectivity index (χ1n) is 2.72. The number of halogens is 2. The van der Waals surface area contributed by atoms with E-state index in [-0.39, 0.29) is 0 Å². The lowest BCUT2D eigenvalue weighted by Gasteiger charge is -1.97. The predicted molar refractivity (Wildman–Crippen MR) is 50.9 cm³/mol. The highest BCUT2D eigenvalue weighted by molar-refractivity contribution is 9.10. The Morgan fingerprint density at radius 1 is 1.40 bits per heavy atom. The van der Waals surface area contributed by atoms with Crippen molar-refractivity contribution in [2.75, 3.05) is 6.26 Å². The van der Waals surface area contributed by atoms with Crippen molar-refractivity contribution in [2.45, 2.75) is 4.90 Å². The molecule has 3 heteroatoms. The van der Waals surface area contributed by atoms with Crippen molar-refractivity contribution in [3.05, 3.63) is 27.7 Å². The molecular formula is C7H6BrClS. The summed E-state index contributed by atoms with van der Waals surface area (Å²) in [5.74, 6) is 0. The van der Waals surface area contributed by atoms with Gasteiger partial charge in [0.15, 0.2) is 0 Å². The third-order valence-corrected chi connectivity index (χ3v) is 2.45. The van der Waals surface area contributed by atoms with Gasteiger partial charge in [0, 0.05) is 14.4 Å². The van der Waals surface area contributed by atoms with E-state index >= 15 is 0 Å². The third kappa shape index (κ3) is 2.19. The van der Waals surface area contributed by atoms with Crippen LogP contribution >= 0.6 is 39.3 Å². The van der Waals surface area contributed by atoms with Crippen LogP contribution in [0.3, 0.4) is 0 Å². The molecule has 0 aromatic heterocycles. The van der Waals surface area contributed by atoms with Gasteiger partial charge in [-0.2, -0.15) is 0 Å². The van der Waals surface area contributed by atoms with Crippen LogP contribution in [0.1, 0.15) is 0 Å². The quantitative estimate of drug-likeness (QED) is 0.669. The van der Waals surface area contributed by atoms with Crippen LogP contribution in [0.15, 0.2) is 27.6 Å². The summed E-state index contributed by atoms with van der Waals surface area (Å²) in [6, 6.07) is 5.86. The summed E-state index contributed by atoms with van der Waals surface area (Å²) in [7, 11) is 0. The summed E-state index contributed by atoms with van der Waals surface area (Å²) in [6.45, 7) is 0. The van der Waals surface area contributed by atoms with E-state index in [1.54, 1.807) is 11.8 Å². The minimum absolute atomic E-state index is 0.777. The van der Waals surface area contributed by atoms with E-state index in [1.807, 2.05) is 24.5 Å². The van der Waals surface area contributed by atoms with Crippen LogP contribution in [-0.2, 0) is 0 Å². The molecule has 0 N–H and O–H groups in total. The van der Waals surface area contributed by atoms with Crippen molar-refractivity contribution in [3.8, 4) is 0 Å². The molecule has 0 bridgehead atoms. The molecule has 0 fully saturated rings. The Balaban J connectivity index is 3.06. The molecular weight excluding hydrogens is 232 g/mol. The number of thioether (sulfide) groups is 1. The van der Waals surface area contributed by atoms with E-state index in [9.17, 15) is 0 Å². The standard InChI is InChI=1S/C7H6BrClS/c1-10-7-3-5(8)2-6(9)4-7/h2-4H,1H3. The fourth-order valence-electron chi connectivity index (χ4n) is 0.646. The third-order valence-electron chi connectivity index (χ3n) is 1.07. The molecule has 0 radical (unpaired) electrons. The summed E-state index contributed by atoms with van der Waals surface area (Å²) in [5, 5.41) is 0.777. The second-order valence-corrected chi connectivity index (χ2v) is 4.04. The van der Waals surface area contributed by atoms with Gasteiger partial charge in [0.25, 0.3) is 0 Å². The highest BCUT2D eigenvalue weighted by Gasteiger charge is 1.94. The smallest absolute Gasteiger partial charge is 0.0428 e.